The largest absolute Gasteiger partial charge is 0.314 e. The van der Waals surface area contributed by atoms with Gasteiger partial charge in [-0.1, -0.05) is 19.9 Å². The summed E-state index contributed by atoms with van der Waals surface area (Å²) in [4.78, 5) is 2.61. The van der Waals surface area contributed by atoms with Crippen LogP contribution in [0.15, 0.2) is 12.7 Å². The molecule has 0 aromatic rings. The highest BCUT2D eigenvalue weighted by Gasteiger charge is 2.24. The van der Waals surface area contributed by atoms with Crippen LogP contribution < -0.4 is 5.32 Å². The van der Waals surface area contributed by atoms with Gasteiger partial charge in [-0.3, -0.25) is 0 Å². The van der Waals surface area contributed by atoms with Gasteiger partial charge in [0.1, 0.15) is 0 Å². The molecule has 1 heterocycles. The molecule has 2 unspecified atom stereocenters. The van der Waals surface area contributed by atoms with Gasteiger partial charge in [0.25, 0.3) is 0 Å². The fraction of sp³-hybridized carbons (Fsp3) is 0.846. The van der Waals surface area contributed by atoms with Gasteiger partial charge in [-0.05, 0) is 25.4 Å². The van der Waals surface area contributed by atoms with Crippen LogP contribution in [0.4, 0.5) is 0 Å². The number of likely N-dealkylation sites (tertiary alicyclic amines) is 1. The second-order valence-corrected chi connectivity index (χ2v) is 5.74. The van der Waals surface area contributed by atoms with E-state index in [1.807, 2.05) is 17.8 Å². The highest BCUT2D eigenvalue weighted by Crippen LogP contribution is 2.17. The zero-order valence-corrected chi connectivity index (χ0v) is 11.6. The molecule has 1 saturated heterocycles. The van der Waals surface area contributed by atoms with Crippen molar-refractivity contribution in [2.75, 3.05) is 37.7 Å². The normalized spacial score (nSPS) is 26.9. The maximum absolute atomic E-state index is 3.74. The molecule has 0 bridgehead atoms. The van der Waals surface area contributed by atoms with E-state index in [0.717, 1.165) is 24.3 Å². The highest BCUT2D eigenvalue weighted by atomic mass is 32.2. The molecule has 3 heteroatoms. The molecule has 1 rings (SSSR count). The van der Waals surface area contributed by atoms with Crippen LogP contribution in [0.25, 0.3) is 0 Å². The van der Waals surface area contributed by atoms with Gasteiger partial charge in [0, 0.05) is 30.6 Å². The van der Waals surface area contributed by atoms with Crippen LogP contribution in [-0.2, 0) is 0 Å². The van der Waals surface area contributed by atoms with E-state index in [-0.39, 0.29) is 0 Å². The van der Waals surface area contributed by atoms with Crippen molar-refractivity contribution in [1.82, 2.24) is 10.2 Å². The first-order chi connectivity index (χ1) is 7.77. The second-order valence-electron chi connectivity index (χ2n) is 4.59. The number of hydrogen-bond donors (Lipinski definition) is 1. The number of nitrogens with one attached hydrogen (secondary N) is 1. The monoisotopic (exact) mass is 242 g/mol. The Morgan fingerprint density at radius 2 is 2.38 bits per heavy atom. The van der Waals surface area contributed by atoms with Crippen LogP contribution >= 0.6 is 11.8 Å². The summed E-state index contributed by atoms with van der Waals surface area (Å²) < 4.78 is 0. The van der Waals surface area contributed by atoms with Crippen LogP contribution in [0.3, 0.4) is 0 Å². The summed E-state index contributed by atoms with van der Waals surface area (Å²) in [5.74, 6) is 3.12. The van der Waals surface area contributed by atoms with Gasteiger partial charge in [0.2, 0.25) is 0 Å². The van der Waals surface area contributed by atoms with Crippen molar-refractivity contribution in [2.24, 2.45) is 5.92 Å². The van der Waals surface area contributed by atoms with Crippen molar-refractivity contribution in [2.45, 2.75) is 26.3 Å². The standard InChI is InChI=1S/C13H26N2S/c1-4-9-16-10-8-15-7-6-13(14-5-2)12(3)11-15/h4,12-14H,1,5-11H2,2-3H3. The second kappa shape index (κ2) is 8.15. The lowest BCUT2D eigenvalue weighted by Crippen LogP contribution is -2.48. The molecule has 0 aromatic carbocycles. The molecule has 1 aliphatic heterocycles. The number of piperidine rings is 1. The van der Waals surface area contributed by atoms with E-state index in [1.54, 1.807) is 0 Å². The molecule has 0 amide bonds. The van der Waals surface area contributed by atoms with Crippen molar-refractivity contribution in [3.63, 3.8) is 0 Å². The van der Waals surface area contributed by atoms with Gasteiger partial charge in [-0.15, -0.1) is 6.58 Å². The van der Waals surface area contributed by atoms with E-state index >= 15 is 0 Å². The summed E-state index contributed by atoms with van der Waals surface area (Å²) in [5.41, 5.74) is 0. The van der Waals surface area contributed by atoms with Crippen LogP contribution in [0.2, 0.25) is 0 Å². The Kier molecular flexibility index (Phi) is 7.17. The van der Waals surface area contributed by atoms with Crippen LogP contribution in [0, 0.1) is 5.92 Å². The van der Waals surface area contributed by atoms with Crippen LogP contribution in [0.5, 0.6) is 0 Å². The van der Waals surface area contributed by atoms with Crippen molar-refractivity contribution < 1.29 is 0 Å². The average molecular weight is 242 g/mol. The summed E-state index contributed by atoms with van der Waals surface area (Å²) in [6.45, 7) is 13.2. The van der Waals surface area contributed by atoms with Crippen molar-refractivity contribution in [3.05, 3.63) is 12.7 Å². The van der Waals surface area contributed by atoms with Gasteiger partial charge in [-0.25, -0.2) is 0 Å². The molecule has 0 aromatic heterocycles. The molecular formula is C13H26N2S. The lowest BCUT2D eigenvalue weighted by molar-refractivity contribution is 0.156. The third-order valence-electron chi connectivity index (χ3n) is 3.24. The minimum absolute atomic E-state index is 0.738. The first-order valence-corrected chi connectivity index (χ1v) is 7.57. The Morgan fingerprint density at radius 3 is 3.00 bits per heavy atom. The SMILES string of the molecule is C=CCSCCN1CCC(NCC)C(C)C1. The molecule has 1 aliphatic rings. The molecule has 1 N–H and O–H groups in total. The van der Waals surface area contributed by atoms with Gasteiger partial charge in [0.15, 0.2) is 0 Å². The molecule has 2 atom stereocenters. The molecule has 2 nitrogen and oxygen atoms in total. The van der Waals surface area contributed by atoms with E-state index < -0.39 is 0 Å². The first-order valence-electron chi connectivity index (χ1n) is 6.42. The van der Waals surface area contributed by atoms with Crippen LogP contribution in [0.1, 0.15) is 20.3 Å². The average Bonchev–Trinajstić information content (AvgIpc) is 2.28. The van der Waals surface area contributed by atoms with Crippen LogP contribution in [-0.4, -0.2) is 48.6 Å². The third kappa shape index (κ3) is 4.89. The number of rotatable bonds is 7. The molecule has 0 radical (unpaired) electrons. The Balaban J connectivity index is 2.15. The summed E-state index contributed by atoms with van der Waals surface area (Å²) in [6, 6.07) is 0.738. The Morgan fingerprint density at radius 1 is 1.56 bits per heavy atom. The summed E-state index contributed by atoms with van der Waals surface area (Å²) in [6.07, 6.45) is 3.30. The Hall–Kier alpha value is 0.01000. The fourth-order valence-corrected chi connectivity index (χ4v) is 3.08. The summed E-state index contributed by atoms with van der Waals surface area (Å²) in [7, 11) is 0. The van der Waals surface area contributed by atoms with E-state index in [4.69, 9.17) is 0 Å². The molecule has 16 heavy (non-hydrogen) atoms. The number of thioether (sulfide) groups is 1. The van der Waals surface area contributed by atoms with E-state index in [1.165, 1.54) is 31.8 Å². The van der Waals surface area contributed by atoms with Gasteiger partial charge < -0.3 is 10.2 Å². The van der Waals surface area contributed by atoms with Gasteiger partial charge in [0.05, 0.1) is 0 Å². The fourth-order valence-electron chi connectivity index (χ4n) is 2.36. The van der Waals surface area contributed by atoms with Crippen molar-refractivity contribution in [3.8, 4) is 0 Å². The van der Waals surface area contributed by atoms with Gasteiger partial charge >= 0.3 is 0 Å². The maximum atomic E-state index is 3.74. The predicted octanol–water partition coefficient (Wildman–Crippen LogP) is 2.23. The minimum Gasteiger partial charge on any atom is -0.314 e. The molecule has 0 saturated carbocycles. The molecule has 0 spiro atoms. The lowest BCUT2D eigenvalue weighted by Gasteiger charge is -2.37. The van der Waals surface area contributed by atoms with Crippen molar-refractivity contribution >= 4 is 11.8 Å². The van der Waals surface area contributed by atoms with E-state index in [2.05, 4.69) is 30.6 Å². The van der Waals surface area contributed by atoms with Gasteiger partial charge in [-0.2, -0.15) is 11.8 Å². The van der Waals surface area contributed by atoms with E-state index in [9.17, 15) is 0 Å². The third-order valence-corrected chi connectivity index (χ3v) is 4.19. The maximum Gasteiger partial charge on any atom is 0.0117 e. The zero-order valence-electron chi connectivity index (χ0n) is 10.7. The summed E-state index contributed by atoms with van der Waals surface area (Å²) >= 11 is 1.98. The topological polar surface area (TPSA) is 15.3 Å². The molecule has 94 valence electrons. The number of nitrogens with zero attached hydrogens (tertiary/aromatic N) is 1. The predicted molar refractivity (Wildman–Crippen MR) is 75.2 cm³/mol. The molecule has 0 aliphatic carbocycles. The quantitative estimate of drug-likeness (QED) is 0.544. The smallest absolute Gasteiger partial charge is 0.0117 e. The molecular weight excluding hydrogens is 216 g/mol. The zero-order chi connectivity index (χ0) is 11.8. The first kappa shape index (κ1) is 14.1. The Bertz CT molecular complexity index is 196. The summed E-state index contributed by atoms with van der Waals surface area (Å²) in [5, 5.41) is 3.59. The van der Waals surface area contributed by atoms with Crippen molar-refractivity contribution in [1.29, 1.82) is 0 Å². The highest BCUT2D eigenvalue weighted by molar-refractivity contribution is 7.99. The van der Waals surface area contributed by atoms with E-state index in [0.29, 0.717) is 0 Å². The lowest BCUT2D eigenvalue weighted by atomic mass is 9.94. The number of hydrogen-bond acceptors (Lipinski definition) is 3. The Labute approximate surface area is 105 Å². The molecule has 1 fully saturated rings. The minimum atomic E-state index is 0.738.